The fourth-order valence-corrected chi connectivity index (χ4v) is 3.02. The van der Waals surface area contributed by atoms with E-state index in [1.54, 1.807) is 0 Å². The highest BCUT2D eigenvalue weighted by atomic mass is 16.1. The van der Waals surface area contributed by atoms with Gasteiger partial charge >= 0.3 is 0 Å². The lowest BCUT2D eigenvalue weighted by Crippen LogP contribution is -2.34. The van der Waals surface area contributed by atoms with Gasteiger partial charge in [-0.05, 0) is 44.6 Å². The molecular formula is C15H26N4O. The summed E-state index contributed by atoms with van der Waals surface area (Å²) in [7, 11) is 1.92. The summed E-state index contributed by atoms with van der Waals surface area (Å²) >= 11 is 0. The summed E-state index contributed by atoms with van der Waals surface area (Å²) in [6, 6.07) is 0. The molecule has 1 fully saturated rings. The molecule has 1 saturated carbocycles. The number of aromatic nitrogens is 2. The molecule has 0 aromatic carbocycles. The highest BCUT2D eigenvalue weighted by Gasteiger charge is 2.25. The first-order valence-corrected chi connectivity index (χ1v) is 7.63. The largest absolute Gasteiger partial charge is 0.352 e. The summed E-state index contributed by atoms with van der Waals surface area (Å²) < 4.78 is 1.81. The fraction of sp³-hybridized carbons (Fsp3) is 0.733. The molecule has 0 unspecified atom stereocenters. The molecule has 5 heteroatoms. The van der Waals surface area contributed by atoms with E-state index >= 15 is 0 Å². The van der Waals surface area contributed by atoms with E-state index in [0.29, 0.717) is 12.5 Å². The van der Waals surface area contributed by atoms with Crippen LogP contribution in [-0.2, 0) is 24.8 Å². The summed E-state index contributed by atoms with van der Waals surface area (Å²) in [5, 5.41) is 7.46. The SMILES string of the molecule is CCc1nn(C)cc1CNC(=O)C1CCC(CN)CC1. The number of rotatable bonds is 5. The quantitative estimate of drug-likeness (QED) is 0.854. The van der Waals surface area contributed by atoms with Gasteiger partial charge in [0, 0.05) is 31.3 Å². The van der Waals surface area contributed by atoms with Gasteiger partial charge < -0.3 is 11.1 Å². The average Bonchev–Trinajstić information content (AvgIpc) is 2.85. The number of carbonyl (C=O) groups is 1. The molecule has 0 atom stereocenters. The van der Waals surface area contributed by atoms with Gasteiger partial charge in [0.1, 0.15) is 0 Å². The van der Waals surface area contributed by atoms with Crippen molar-refractivity contribution >= 4 is 5.91 Å². The summed E-state index contributed by atoms with van der Waals surface area (Å²) in [5.74, 6) is 0.968. The number of amides is 1. The van der Waals surface area contributed by atoms with Gasteiger partial charge in [-0.2, -0.15) is 5.10 Å². The lowest BCUT2D eigenvalue weighted by molar-refractivity contribution is -0.126. The number of carbonyl (C=O) groups excluding carboxylic acids is 1. The molecule has 2 rings (SSSR count). The third-order valence-electron chi connectivity index (χ3n) is 4.33. The fourth-order valence-electron chi connectivity index (χ4n) is 3.02. The molecule has 112 valence electrons. The summed E-state index contributed by atoms with van der Waals surface area (Å²) in [6.45, 7) is 3.43. The zero-order chi connectivity index (χ0) is 14.5. The molecule has 1 amide bonds. The van der Waals surface area contributed by atoms with Crippen LogP contribution in [0.1, 0.15) is 43.9 Å². The number of aryl methyl sites for hydroxylation is 2. The van der Waals surface area contributed by atoms with Crippen molar-refractivity contribution in [2.24, 2.45) is 24.6 Å². The second kappa shape index (κ2) is 6.88. The number of nitrogens with one attached hydrogen (secondary N) is 1. The van der Waals surface area contributed by atoms with Crippen LogP contribution in [0.5, 0.6) is 0 Å². The Morgan fingerprint density at radius 3 is 2.75 bits per heavy atom. The minimum Gasteiger partial charge on any atom is -0.352 e. The molecule has 1 aromatic rings. The third-order valence-corrected chi connectivity index (χ3v) is 4.33. The normalized spacial score (nSPS) is 22.8. The van der Waals surface area contributed by atoms with Crippen molar-refractivity contribution in [1.29, 1.82) is 0 Å². The Hall–Kier alpha value is -1.36. The Kier molecular flexibility index (Phi) is 5.17. The molecule has 0 aliphatic heterocycles. The van der Waals surface area contributed by atoms with Crippen molar-refractivity contribution in [3.05, 3.63) is 17.5 Å². The van der Waals surface area contributed by atoms with E-state index < -0.39 is 0 Å². The predicted molar refractivity (Wildman–Crippen MR) is 78.9 cm³/mol. The Labute approximate surface area is 120 Å². The van der Waals surface area contributed by atoms with Crippen LogP contribution >= 0.6 is 0 Å². The summed E-state index contributed by atoms with van der Waals surface area (Å²) in [5.41, 5.74) is 7.88. The van der Waals surface area contributed by atoms with Crippen LogP contribution in [0, 0.1) is 11.8 Å². The van der Waals surface area contributed by atoms with Gasteiger partial charge in [-0.1, -0.05) is 6.92 Å². The molecule has 1 aliphatic carbocycles. The van der Waals surface area contributed by atoms with Crippen LogP contribution < -0.4 is 11.1 Å². The van der Waals surface area contributed by atoms with Gasteiger partial charge in [0.15, 0.2) is 0 Å². The number of nitrogens with zero attached hydrogens (tertiary/aromatic N) is 2. The second-order valence-corrected chi connectivity index (χ2v) is 5.80. The molecule has 0 bridgehead atoms. The van der Waals surface area contributed by atoms with E-state index in [9.17, 15) is 4.79 Å². The van der Waals surface area contributed by atoms with Crippen molar-refractivity contribution in [1.82, 2.24) is 15.1 Å². The molecular weight excluding hydrogens is 252 g/mol. The maximum Gasteiger partial charge on any atom is 0.223 e. The Bertz CT molecular complexity index is 447. The van der Waals surface area contributed by atoms with Crippen molar-refractivity contribution in [2.75, 3.05) is 6.54 Å². The minimum absolute atomic E-state index is 0.166. The Balaban J connectivity index is 1.83. The third kappa shape index (κ3) is 3.60. The van der Waals surface area contributed by atoms with Crippen molar-refractivity contribution < 1.29 is 4.79 Å². The van der Waals surface area contributed by atoms with Crippen molar-refractivity contribution in [2.45, 2.75) is 45.6 Å². The maximum absolute atomic E-state index is 12.2. The van der Waals surface area contributed by atoms with E-state index in [0.717, 1.165) is 49.9 Å². The van der Waals surface area contributed by atoms with Gasteiger partial charge in [-0.3, -0.25) is 9.48 Å². The predicted octanol–water partition coefficient (Wildman–Crippen LogP) is 1.36. The summed E-state index contributed by atoms with van der Waals surface area (Å²) in [6.07, 6.45) is 7.00. The van der Waals surface area contributed by atoms with Crippen LogP contribution in [0.15, 0.2) is 6.20 Å². The Morgan fingerprint density at radius 1 is 1.45 bits per heavy atom. The monoisotopic (exact) mass is 278 g/mol. The standard InChI is InChI=1S/C15H26N4O/c1-3-14-13(10-19(2)18-14)9-17-15(20)12-6-4-11(8-16)5-7-12/h10-12H,3-9,16H2,1-2H3,(H,17,20). The lowest BCUT2D eigenvalue weighted by Gasteiger charge is -2.26. The van der Waals surface area contributed by atoms with Gasteiger partial charge in [0.05, 0.1) is 5.69 Å². The average molecular weight is 278 g/mol. The maximum atomic E-state index is 12.2. The topological polar surface area (TPSA) is 72.9 Å². The molecule has 0 saturated heterocycles. The molecule has 0 spiro atoms. The van der Waals surface area contributed by atoms with Crippen molar-refractivity contribution in [3.63, 3.8) is 0 Å². The zero-order valence-electron chi connectivity index (χ0n) is 12.6. The smallest absolute Gasteiger partial charge is 0.223 e. The molecule has 3 N–H and O–H groups in total. The molecule has 0 radical (unpaired) electrons. The zero-order valence-corrected chi connectivity index (χ0v) is 12.6. The van der Waals surface area contributed by atoms with Crippen LogP contribution in [-0.4, -0.2) is 22.2 Å². The molecule has 5 nitrogen and oxygen atoms in total. The highest BCUT2D eigenvalue weighted by Crippen LogP contribution is 2.28. The van der Waals surface area contributed by atoms with Crippen LogP contribution in [0.4, 0.5) is 0 Å². The number of hydrogen-bond donors (Lipinski definition) is 2. The van der Waals surface area contributed by atoms with Gasteiger partial charge in [-0.25, -0.2) is 0 Å². The second-order valence-electron chi connectivity index (χ2n) is 5.80. The lowest BCUT2D eigenvalue weighted by atomic mass is 9.81. The first-order valence-electron chi connectivity index (χ1n) is 7.63. The van der Waals surface area contributed by atoms with E-state index in [1.165, 1.54) is 0 Å². The summed E-state index contributed by atoms with van der Waals surface area (Å²) in [4.78, 5) is 12.2. The van der Waals surface area contributed by atoms with Gasteiger partial charge in [0.25, 0.3) is 0 Å². The van der Waals surface area contributed by atoms with E-state index in [2.05, 4.69) is 17.3 Å². The number of hydrogen-bond acceptors (Lipinski definition) is 3. The van der Waals surface area contributed by atoms with Gasteiger partial charge in [-0.15, -0.1) is 0 Å². The first kappa shape index (κ1) is 15.0. The molecule has 1 aromatic heterocycles. The van der Waals surface area contributed by atoms with Crippen LogP contribution in [0.25, 0.3) is 0 Å². The van der Waals surface area contributed by atoms with Crippen molar-refractivity contribution in [3.8, 4) is 0 Å². The van der Waals surface area contributed by atoms with Gasteiger partial charge in [0.2, 0.25) is 5.91 Å². The van der Waals surface area contributed by atoms with Crippen LogP contribution in [0.3, 0.4) is 0 Å². The van der Waals surface area contributed by atoms with E-state index in [-0.39, 0.29) is 11.8 Å². The van der Waals surface area contributed by atoms with Crippen LogP contribution in [0.2, 0.25) is 0 Å². The number of nitrogens with two attached hydrogens (primary N) is 1. The molecule has 1 aliphatic rings. The molecule has 20 heavy (non-hydrogen) atoms. The van der Waals surface area contributed by atoms with E-state index in [1.807, 2.05) is 17.9 Å². The highest BCUT2D eigenvalue weighted by molar-refractivity contribution is 5.78. The van der Waals surface area contributed by atoms with E-state index in [4.69, 9.17) is 5.73 Å². The minimum atomic E-state index is 0.166. The molecule has 1 heterocycles. The first-order chi connectivity index (χ1) is 9.63. The Morgan fingerprint density at radius 2 is 2.15 bits per heavy atom.